The summed E-state index contributed by atoms with van der Waals surface area (Å²) in [7, 11) is 0. The maximum atomic E-state index is 5.45. The normalized spacial score (nSPS) is 13.5. The van der Waals surface area contributed by atoms with E-state index in [-0.39, 0.29) is 16.2 Å². The van der Waals surface area contributed by atoms with Crippen molar-refractivity contribution in [1.82, 2.24) is 29.9 Å². The first kappa shape index (κ1) is 79.7. The van der Waals surface area contributed by atoms with Crippen molar-refractivity contribution in [3.63, 3.8) is 0 Å². The Bertz CT molecular complexity index is 9480. The monoisotopic (exact) mass is 1740 g/mol. The van der Waals surface area contributed by atoms with E-state index < -0.39 is 0 Å². The van der Waals surface area contributed by atoms with Gasteiger partial charge >= 0.3 is 0 Å². The van der Waals surface area contributed by atoms with Crippen molar-refractivity contribution in [3.8, 4) is 134 Å². The summed E-state index contributed by atoms with van der Waals surface area (Å²) >= 11 is 0. The Labute approximate surface area is 793 Å². The second-order valence-electron chi connectivity index (χ2n) is 38.8. The van der Waals surface area contributed by atoms with E-state index in [1.165, 1.54) is 225 Å². The quantitative estimate of drug-likeness (QED) is 0.148. The average molecular weight is 1750 g/mol. The smallest absolute Gasteiger partial charge is 0.159 e. The number of hydrogen-bond donors (Lipinski definition) is 0. The molecule has 0 amide bonds. The minimum absolute atomic E-state index is 0.209. The van der Waals surface area contributed by atoms with E-state index in [1.54, 1.807) is 12.4 Å². The summed E-state index contributed by atoms with van der Waals surface area (Å²) in [6, 6.07) is 148. The van der Waals surface area contributed by atoms with Crippen LogP contribution in [0.25, 0.3) is 253 Å². The van der Waals surface area contributed by atoms with Gasteiger partial charge in [-0.25, -0.2) is 24.9 Å². The standard InChI is InChI=1S/C48H31N.C42H29N3.C41H28N2/c1-48(2)41-21-10-9-18-40(41)47-46(48)45(44-29-13-4-3-12-28(29)22-27-42(44)49-47)39-26-23-34(30-14-5-6-15-31(30)39)35-24-25-38-33-17-8-7-16-32(33)36-19-11-20-37(35)43(36)38;1-42(2)35-15-8-7-14-34(35)40-39(42)38(37-30-11-4-3-10-26(30)20-23-36(37)45-40)33-22-21-29(31-12-5-6-13-32(31)33)27-16-18-28(19-17-27)41-43-24-9-25-44-41;1-41(2)34-18-10-9-17-33(34)40-39(41)38(37-28-14-6-5-11-25(28)19-22-35(37)43-40)32-21-20-31(29-15-7-8-16-30(29)32)36-23-26-12-3-4-13-27(26)24-42-36/h3-27H,1-2H3;3-25H,1-2H3;3-24H,1-2H3. The molecular formula is C131H88N6. The van der Waals surface area contributed by atoms with Gasteiger partial charge in [0.25, 0.3) is 0 Å². The average Bonchev–Trinajstić information content (AvgIpc) is 1.62. The minimum Gasteiger partial charge on any atom is -0.256 e. The summed E-state index contributed by atoms with van der Waals surface area (Å²) in [5.41, 5.74) is 38.4. The maximum Gasteiger partial charge on any atom is 0.159 e. The SMILES string of the molecule is CC1(C)c2ccccc2-c2nc3ccc4ccccc4c3c(-c3ccc(-c4cc5ccccc5cn4)c4ccccc34)c21.CC1(C)c2ccccc2-c2nc3ccc4ccccc4c3c(-c3ccc(-c4ccc(-c5ncccn5)cc4)c4ccccc34)c21.CC1(C)c2ccccc2-c2nc3ccc4ccccc4c3c(-c3ccc(-c4ccc5c6c(cccc46)-c4ccccc4-5)c4ccccc34)c21. The first-order valence-corrected chi connectivity index (χ1v) is 47.6. The van der Waals surface area contributed by atoms with Crippen LogP contribution in [-0.2, 0) is 16.2 Å². The highest BCUT2D eigenvalue weighted by atomic mass is 14.9. The lowest BCUT2D eigenvalue weighted by Gasteiger charge is -2.26. The second kappa shape index (κ2) is 30.5. The molecule has 0 radical (unpaired) electrons. The van der Waals surface area contributed by atoms with Crippen molar-refractivity contribution in [2.24, 2.45) is 0 Å². The fourth-order valence-corrected chi connectivity index (χ4v) is 24.2. The van der Waals surface area contributed by atoms with Crippen LogP contribution in [0.15, 0.2) is 425 Å². The molecule has 0 atom stereocenters. The van der Waals surface area contributed by atoms with Gasteiger partial charge in [-0.05, 0) is 222 Å². The highest BCUT2D eigenvalue weighted by Gasteiger charge is 2.44. The molecule has 4 aliphatic carbocycles. The molecule has 0 N–H and O–H groups in total. The highest BCUT2D eigenvalue weighted by Crippen LogP contribution is 2.61. The minimum atomic E-state index is -0.216. The van der Waals surface area contributed by atoms with Crippen LogP contribution in [-0.4, -0.2) is 29.9 Å². The molecule has 0 saturated carbocycles. The molecule has 0 unspecified atom stereocenters. The molecular weight excluding hydrogens is 1660 g/mol. The molecule has 4 aliphatic rings. The molecule has 5 aromatic heterocycles. The van der Waals surface area contributed by atoms with Gasteiger partial charge < -0.3 is 0 Å². The van der Waals surface area contributed by atoms with Gasteiger partial charge in [0.05, 0.1) is 39.3 Å². The van der Waals surface area contributed by atoms with Crippen LogP contribution < -0.4 is 0 Å². The zero-order valence-corrected chi connectivity index (χ0v) is 76.6. The van der Waals surface area contributed by atoms with Crippen LogP contribution in [0, 0.1) is 0 Å². The van der Waals surface area contributed by atoms with Gasteiger partial charge in [0, 0.05) is 84.2 Å². The van der Waals surface area contributed by atoms with Gasteiger partial charge in [-0.2, -0.15) is 0 Å². The van der Waals surface area contributed by atoms with Crippen LogP contribution in [0.3, 0.4) is 0 Å². The summed E-state index contributed by atoms with van der Waals surface area (Å²) in [5, 5.41) is 23.5. The predicted octanol–water partition coefficient (Wildman–Crippen LogP) is 34.4. The van der Waals surface area contributed by atoms with Crippen molar-refractivity contribution in [3.05, 3.63) is 458 Å². The molecule has 20 aromatic carbocycles. The summed E-state index contributed by atoms with van der Waals surface area (Å²) in [5.74, 6) is 0.735. The third-order valence-electron chi connectivity index (χ3n) is 30.4. The molecule has 0 aliphatic heterocycles. The number of aromatic nitrogens is 6. The third kappa shape index (κ3) is 12.0. The van der Waals surface area contributed by atoms with Gasteiger partial charge in [0.15, 0.2) is 5.82 Å². The molecule has 0 spiro atoms. The summed E-state index contributed by atoms with van der Waals surface area (Å²) in [6.07, 6.45) is 5.55. The first-order valence-electron chi connectivity index (χ1n) is 47.6. The molecule has 0 bridgehead atoms. The second-order valence-corrected chi connectivity index (χ2v) is 38.8. The molecule has 5 heterocycles. The summed E-state index contributed by atoms with van der Waals surface area (Å²) in [6.45, 7) is 14.2. The van der Waals surface area contributed by atoms with Gasteiger partial charge in [0.1, 0.15) is 0 Å². The lowest BCUT2D eigenvalue weighted by molar-refractivity contribution is 0.661. The van der Waals surface area contributed by atoms with E-state index >= 15 is 0 Å². The molecule has 6 heteroatoms. The lowest BCUT2D eigenvalue weighted by atomic mass is 9.77. The fourth-order valence-electron chi connectivity index (χ4n) is 24.2. The molecule has 0 saturated heterocycles. The van der Waals surface area contributed by atoms with E-state index in [9.17, 15) is 0 Å². The highest BCUT2D eigenvalue weighted by molar-refractivity contribution is 6.26. The number of hydrogen-bond acceptors (Lipinski definition) is 6. The van der Waals surface area contributed by atoms with E-state index in [2.05, 4.69) is 452 Å². The lowest BCUT2D eigenvalue weighted by Crippen LogP contribution is -2.17. The predicted molar refractivity (Wildman–Crippen MR) is 574 cm³/mol. The molecule has 6 nitrogen and oxygen atoms in total. The Kier molecular flexibility index (Phi) is 17.7. The molecule has 25 aromatic rings. The van der Waals surface area contributed by atoms with Gasteiger partial charge in [0.2, 0.25) is 0 Å². The number of nitrogens with zero attached hydrogens (tertiary/aromatic N) is 6. The topological polar surface area (TPSA) is 77.3 Å². The van der Waals surface area contributed by atoms with Crippen LogP contribution in [0.4, 0.5) is 0 Å². The van der Waals surface area contributed by atoms with Crippen LogP contribution in [0.2, 0.25) is 0 Å². The Morgan fingerprint density at radius 2 is 0.496 bits per heavy atom. The maximum absolute atomic E-state index is 5.45. The molecule has 0 fully saturated rings. The summed E-state index contributed by atoms with van der Waals surface area (Å²) in [4.78, 5) is 30.0. The van der Waals surface area contributed by atoms with E-state index in [0.717, 1.165) is 61.7 Å². The van der Waals surface area contributed by atoms with E-state index in [1.807, 2.05) is 12.3 Å². The van der Waals surface area contributed by atoms with E-state index in [0.29, 0.717) is 0 Å². The van der Waals surface area contributed by atoms with Crippen LogP contribution in [0.1, 0.15) is 74.9 Å². The largest absolute Gasteiger partial charge is 0.256 e. The number of fused-ring (bicyclic) bond motifs is 25. The Morgan fingerprint density at radius 1 is 0.190 bits per heavy atom. The zero-order valence-electron chi connectivity index (χ0n) is 76.6. The number of benzene rings is 20. The fraction of sp³-hybridized carbons (Fsp3) is 0.0687. The molecule has 29 rings (SSSR count). The van der Waals surface area contributed by atoms with Crippen molar-refractivity contribution >= 4 is 119 Å². The third-order valence-corrected chi connectivity index (χ3v) is 30.4. The van der Waals surface area contributed by atoms with Crippen molar-refractivity contribution in [2.45, 2.75) is 57.8 Å². The van der Waals surface area contributed by atoms with Gasteiger partial charge in [-0.1, -0.05) is 418 Å². The van der Waals surface area contributed by atoms with Crippen LogP contribution >= 0.6 is 0 Å². The van der Waals surface area contributed by atoms with Gasteiger partial charge in [-0.15, -0.1) is 0 Å². The van der Waals surface area contributed by atoms with Crippen LogP contribution in [0.5, 0.6) is 0 Å². The Hall–Kier alpha value is -17.1. The van der Waals surface area contributed by atoms with Gasteiger partial charge in [-0.3, -0.25) is 4.98 Å². The first-order chi connectivity index (χ1) is 67.3. The molecule has 642 valence electrons. The zero-order chi connectivity index (χ0) is 91.3. The molecule has 137 heavy (non-hydrogen) atoms. The van der Waals surface area contributed by atoms with Crippen molar-refractivity contribution in [2.75, 3.05) is 0 Å². The Morgan fingerprint density at radius 3 is 0.942 bits per heavy atom. The number of rotatable bonds is 7. The van der Waals surface area contributed by atoms with Crippen molar-refractivity contribution < 1.29 is 0 Å². The van der Waals surface area contributed by atoms with Crippen molar-refractivity contribution in [1.29, 1.82) is 0 Å². The number of pyridine rings is 4. The van der Waals surface area contributed by atoms with E-state index in [4.69, 9.17) is 19.9 Å². The Balaban J connectivity index is 0.000000104. The summed E-state index contributed by atoms with van der Waals surface area (Å²) < 4.78 is 0.